The van der Waals surface area contributed by atoms with Crippen LogP contribution >= 0.6 is 0 Å². The molecule has 3 aromatic rings. The van der Waals surface area contributed by atoms with Crippen molar-refractivity contribution in [2.75, 3.05) is 18.4 Å². The van der Waals surface area contributed by atoms with Crippen molar-refractivity contribution in [2.24, 2.45) is 5.92 Å². The number of hydrogen-bond acceptors (Lipinski definition) is 5. The molecule has 6 nitrogen and oxygen atoms in total. The van der Waals surface area contributed by atoms with E-state index >= 15 is 0 Å². The molecule has 182 valence electrons. The summed E-state index contributed by atoms with van der Waals surface area (Å²) >= 11 is 0. The molecule has 1 aliphatic heterocycles. The van der Waals surface area contributed by atoms with E-state index in [9.17, 15) is 26.3 Å². The Labute approximate surface area is 190 Å². The molecule has 0 atom stereocenters. The smallest absolute Gasteiger partial charge is 0.326 e. The summed E-state index contributed by atoms with van der Waals surface area (Å²) in [6.45, 7) is 1.46. The number of nitrogens with zero attached hydrogens (tertiary/aromatic N) is 4. The lowest BCUT2D eigenvalue weighted by Crippen LogP contribution is -2.30. The number of imidazole rings is 1. The zero-order chi connectivity index (χ0) is 24.1. The number of rotatable bonds is 5. The molecule has 0 radical (unpaired) electrons. The number of anilines is 2. The van der Waals surface area contributed by atoms with Crippen LogP contribution in [0.1, 0.15) is 48.7 Å². The van der Waals surface area contributed by atoms with Crippen LogP contribution in [0.3, 0.4) is 0 Å². The van der Waals surface area contributed by atoms with E-state index in [2.05, 4.69) is 25.6 Å². The number of nitrogens with one attached hydrogen (secondary N) is 2. The minimum absolute atomic E-state index is 0.0645. The Kier molecular flexibility index (Phi) is 5.65. The van der Waals surface area contributed by atoms with Gasteiger partial charge in [-0.15, -0.1) is 0 Å². The van der Waals surface area contributed by atoms with Gasteiger partial charge in [0.05, 0.1) is 17.3 Å². The van der Waals surface area contributed by atoms with Crippen molar-refractivity contribution in [2.45, 2.75) is 50.5 Å². The highest BCUT2D eigenvalue weighted by Crippen LogP contribution is 2.39. The average molecular weight is 484 g/mol. The Balaban J connectivity index is 1.59. The van der Waals surface area contributed by atoms with Crippen molar-refractivity contribution in [3.05, 3.63) is 41.3 Å². The maximum absolute atomic E-state index is 13.3. The lowest BCUT2D eigenvalue weighted by Gasteiger charge is -2.26. The fourth-order valence-electron chi connectivity index (χ4n) is 4.26. The first kappa shape index (κ1) is 22.9. The Morgan fingerprint density at radius 1 is 0.912 bits per heavy atom. The normalized spacial score (nSPS) is 17.9. The molecule has 1 saturated carbocycles. The van der Waals surface area contributed by atoms with Gasteiger partial charge in [-0.3, -0.25) is 4.57 Å². The monoisotopic (exact) mass is 484 g/mol. The first-order valence-corrected chi connectivity index (χ1v) is 11.1. The highest BCUT2D eigenvalue weighted by atomic mass is 19.4. The Bertz CT molecular complexity index is 1160. The van der Waals surface area contributed by atoms with Crippen LogP contribution in [-0.4, -0.2) is 32.6 Å². The van der Waals surface area contributed by atoms with Gasteiger partial charge in [0.1, 0.15) is 11.3 Å². The van der Waals surface area contributed by atoms with Crippen molar-refractivity contribution in [3.8, 4) is 0 Å². The second kappa shape index (κ2) is 8.40. The van der Waals surface area contributed by atoms with E-state index in [1.54, 1.807) is 10.8 Å². The van der Waals surface area contributed by atoms with Gasteiger partial charge in [-0.2, -0.15) is 26.3 Å². The fourth-order valence-corrected chi connectivity index (χ4v) is 4.26. The topological polar surface area (TPSA) is 67.7 Å². The molecule has 0 bridgehead atoms. The first-order valence-electron chi connectivity index (χ1n) is 11.1. The first-order chi connectivity index (χ1) is 16.1. The van der Waals surface area contributed by atoms with Crippen molar-refractivity contribution >= 4 is 22.8 Å². The molecule has 34 heavy (non-hydrogen) atoms. The third-order valence-electron chi connectivity index (χ3n) is 6.17. The zero-order valence-corrected chi connectivity index (χ0v) is 18.0. The maximum Gasteiger partial charge on any atom is 0.416 e. The number of benzene rings is 1. The minimum Gasteiger partial charge on any atom is -0.326 e. The highest BCUT2D eigenvalue weighted by molar-refractivity contribution is 5.75. The van der Waals surface area contributed by atoms with Crippen molar-refractivity contribution in [3.63, 3.8) is 0 Å². The SMILES string of the molecule is FC(F)(F)c1cc(Nc2nc3cnc(CC4CC4)nc3n2C2CCNCC2)cc(C(F)(F)F)c1. The van der Waals surface area contributed by atoms with Crippen LogP contribution in [0.2, 0.25) is 0 Å². The summed E-state index contributed by atoms with van der Waals surface area (Å²) in [6, 6.07) is 1.36. The van der Waals surface area contributed by atoms with Crippen LogP contribution in [0.4, 0.5) is 38.0 Å². The van der Waals surface area contributed by atoms with E-state index in [0.717, 1.165) is 45.2 Å². The summed E-state index contributed by atoms with van der Waals surface area (Å²) in [5.74, 6) is 1.36. The van der Waals surface area contributed by atoms with Crippen LogP contribution < -0.4 is 10.6 Å². The van der Waals surface area contributed by atoms with Crippen LogP contribution in [0.15, 0.2) is 24.4 Å². The molecule has 0 amide bonds. The van der Waals surface area contributed by atoms with Crippen LogP contribution in [0, 0.1) is 5.92 Å². The summed E-state index contributed by atoms with van der Waals surface area (Å²) in [5, 5.41) is 5.97. The van der Waals surface area contributed by atoms with E-state index in [4.69, 9.17) is 0 Å². The number of halogens is 6. The lowest BCUT2D eigenvalue weighted by atomic mass is 10.1. The molecular formula is C22H22F6N6. The van der Waals surface area contributed by atoms with E-state index in [0.29, 0.717) is 35.0 Å². The molecule has 1 aliphatic carbocycles. The summed E-state index contributed by atoms with van der Waals surface area (Å²) in [4.78, 5) is 13.5. The molecule has 3 heterocycles. The molecule has 12 heteroatoms. The second-order valence-corrected chi connectivity index (χ2v) is 8.85. The third kappa shape index (κ3) is 4.82. The van der Waals surface area contributed by atoms with E-state index < -0.39 is 23.5 Å². The molecule has 5 rings (SSSR count). The van der Waals surface area contributed by atoms with Gasteiger partial charge < -0.3 is 10.6 Å². The van der Waals surface area contributed by atoms with Gasteiger partial charge in [0.25, 0.3) is 0 Å². The highest BCUT2D eigenvalue weighted by Gasteiger charge is 2.37. The quantitative estimate of drug-likeness (QED) is 0.469. The van der Waals surface area contributed by atoms with Crippen LogP contribution in [0.25, 0.3) is 11.2 Å². The zero-order valence-electron chi connectivity index (χ0n) is 18.0. The molecule has 2 aliphatic rings. The average Bonchev–Trinajstić information content (AvgIpc) is 3.52. The Morgan fingerprint density at radius 2 is 1.56 bits per heavy atom. The van der Waals surface area contributed by atoms with Gasteiger partial charge in [-0.1, -0.05) is 0 Å². The maximum atomic E-state index is 13.3. The summed E-state index contributed by atoms with van der Waals surface area (Å²) < 4.78 is 81.7. The lowest BCUT2D eigenvalue weighted by molar-refractivity contribution is -0.143. The van der Waals surface area contributed by atoms with Crippen molar-refractivity contribution < 1.29 is 26.3 Å². The third-order valence-corrected chi connectivity index (χ3v) is 6.17. The molecule has 1 saturated heterocycles. The summed E-state index contributed by atoms with van der Waals surface area (Å²) in [5.41, 5.74) is -2.16. The van der Waals surface area contributed by atoms with Crippen LogP contribution in [0.5, 0.6) is 0 Å². The number of piperidine rings is 1. The number of fused-ring (bicyclic) bond motifs is 1. The van der Waals surface area contributed by atoms with Gasteiger partial charge in [0.2, 0.25) is 5.95 Å². The largest absolute Gasteiger partial charge is 0.416 e. The number of alkyl halides is 6. The standard InChI is InChI=1S/C22H22F6N6/c23-21(24,25)13-8-14(22(26,27)28)10-15(9-13)31-20-32-17-11-30-18(7-12-1-2-12)33-19(17)34(20)16-3-5-29-6-4-16/h8-12,16,29H,1-7H2,(H,31,32). The predicted molar refractivity (Wildman–Crippen MR) is 113 cm³/mol. The van der Waals surface area contributed by atoms with Crippen LogP contribution in [-0.2, 0) is 18.8 Å². The van der Waals surface area contributed by atoms with Gasteiger partial charge in [-0.25, -0.2) is 15.0 Å². The number of hydrogen-bond donors (Lipinski definition) is 2. The molecule has 2 fully saturated rings. The Hall–Kier alpha value is -2.89. The Morgan fingerprint density at radius 3 is 2.15 bits per heavy atom. The molecule has 2 aromatic heterocycles. The molecular weight excluding hydrogens is 462 g/mol. The summed E-state index contributed by atoms with van der Waals surface area (Å²) in [7, 11) is 0. The second-order valence-electron chi connectivity index (χ2n) is 8.85. The molecule has 1 aromatic carbocycles. The van der Waals surface area contributed by atoms with Gasteiger partial charge >= 0.3 is 12.4 Å². The van der Waals surface area contributed by atoms with Gasteiger partial charge in [-0.05, 0) is 62.9 Å². The predicted octanol–water partition coefficient (Wildman–Crippen LogP) is 5.48. The van der Waals surface area contributed by atoms with E-state index in [1.165, 1.54) is 0 Å². The molecule has 2 N–H and O–H groups in total. The van der Waals surface area contributed by atoms with E-state index in [-0.39, 0.29) is 23.7 Å². The van der Waals surface area contributed by atoms with E-state index in [1.807, 2.05) is 0 Å². The molecule has 0 unspecified atom stereocenters. The fraction of sp³-hybridized carbons (Fsp3) is 0.500. The van der Waals surface area contributed by atoms with Crippen molar-refractivity contribution in [1.82, 2.24) is 24.8 Å². The van der Waals surface area contributed by atoms with Crippen molar-refractivity contribution in [1.29, 1.82) is 0 Å². The van der Waals surface area contributed by atoms with Gasteiger partial charge in [0.15, 0.2) is 5.65 Å². The van der Waals surface area contributed by atoms with Gasteiger partial charge in [0, 0.05) is 18.2 Å². The molecule has 0 spiro atoms. The number of aromatic nitrogens is 4. The summed E-state index contributed by atoms with van der Waals surface area (Å²) in [6.07, 6.45) is -3.88. The minimum atomic E-state index is -4.93.